The first-order chi connectivity index (χ1) is 18.0. The third-order valence-corrected chi connectivity index (χ3v) is 6.97. The van der Waals surface area contributed by atoms with Crippen LogP contribution in [0.2, 0.25) is 5.02 Å². The molecule has 0 aliphatic carbocycles. The number of carbonyl (C=O) groups excluding carboxylic acids is 2. The summed E-state index contributed by atoms with van der Waals surface area (Å²) in [6, 6.07) is 22.6. The van der Waals surface area contributed by atoms with E-state index < -0.39 is 17.8 Å². The monoisotopic (exact) mass is 555 g/mol. The summed E-state index contributed by atoms with van der Waals surface area (Å²) in [5.74, 6) is 0.429. The van der Waals surface area contributed by atoms with E-state index in [1.165, 1.54) is 12.0 Å². The molecule has 0 bridgehead atoms. The molecule has 0 radical (unpaired) electrons. The van der Waals surface area contributed by atoms with Gasteiger partial charge in [-0.1, -0.05) is 48.0 Å². The minimum atomic E-state index is -0.887. The molecule has 6 nitrogen and oxygen atoms in total. The SMILES string of the molecule is COC(=O)c1ccc(CSc2ccc(CCN(CC(O)c3cccc(Cl)c3)C(=O)OC(C)(C)C)cc2)cc1. The van der Waals surface area contributed by atoms with Crippen molar-refractivity contribution in [3.8, 4) is 0 Å². The van der Waals surface area contributed by atoms with E-state index >= 15 is 0 Å². The van der Waals surface area contributed by atoms with Gasteiger partial charge in [0.25, 0.3) is 0 Å². The topological polar surface area (TPSA) is 76.1 Å². The van der Waals surface area contributed by atoms with Crippen molar-refractivity contribution in [1.82, 2.24) is 4.90 Å². The lowest BCUT2D eigenvalue weighted by molar-refractivity contribution is 0.0147. The van der Waals surface area contributed by atoms with Gasteiger partial charge in [-0.3, -0.25) is 0 Å². The van der Waals surface area contributed by atoms with E-state index in [4.69, 9.17) is 21.1 Å². The van der Waals surface area contributed by atoms with Crippen LogP contribution in [0.25, 0.3) is 0 Å². The highest BCUT2D eigenvalue weighted by Gasteiger charge is 2.24. The number of hydrogen-bond donors (Lipinski definition) is 1. The molecule has 3 rings (SSSR count). The van der Waals surface area contributed by atoms with Crippen LogP contribution in [-0.4, -0.2) is 47.9 Å². The molecule has 1 amide bonds. The van der Waals surface area contributed by atoms with Gasteiger partial charge in [0.05, 0.1) is 25.3 Å². The Hall–Kier alpha value is -3.00. The van der Waals surface area contributed by atoms with Crippen molar-refractivity contribution in [2.24, 2.45) is 0 Å². The summed E-state index contributed by atoms with van der Waals surface area (Å²) < 4.78 is 10.3. The predicted octanol–water partition coefficient (Wildman–Crippen LogP) is 6.93. The number of ether oxygens (including phenoxy) is 2. The molecule has 0 fully saturated rings. The number of rotatable bonds is 10. The third kappa shape index (κ3) is 9.39. The van der Waals surface area contributed by atoms with Gasteiger partial charge in [0, 0.05) is 22.2 Å². The van der Waals surface area contributed by atoms with Crippen molar-refractivity contribution >= 4 is 35.4 Å². The largest absolute Gasteiger partial charge is 0.465 e. The zero-order chi connectivity index (χ0) is 27.7. The lowest BCUT2D eigenvalue weighted by Crippen LogP contribution is -2.40. The normalized spacial score (nSPS) is 12.1. The number of benzene rings is 3. The fourth-order valence-corrected chi connectivity index (χ4v) is 4.70. The maximum absolute atomic E-state index is 12.9. The first kappa shape index (κ1) is 29.6. The van der Waals surface area contributed by atoms with Crippen LogP contribution in [0.1, 0.15) is 53.9 Å². The highest BCUT2D eigenvalue weighted by Crippen LogP contribution is 2.24. The highest BCUT2D eigenvalue weighted by atomic mass is 35.5. The quantitative estimate of drug-likeness (QED) is 0.216. The van der Waals surface area contributed by atoms with E-state index in [0.717, 1.165) is 21.8 Å². The first-order valence-electron chi connectivity index (χ1n) is 12.3. The van der Waals surface area contributed by atoms with Crippen LogP contribution in [-0.2, 0) is 21.6 Å². The van der Waals surface area contributed by atoms with Gasteiger partial charge in [0.1, 0.15) is 5.60 Å². The van der Waals surface area contributed by atoms with Crippen LogP contribution in [0.5, 0.6) is 0 Å². The fourth-order valence-electron chi connectivity index (χ4n) is 3.65. The van der Waals surface area contributed by atoms with E-state index in [-0.39, 0.29) is 12.5 Å². The highest BCUT2D eigenvalue weighted by molar-refractivity contribution is 7.98. The number of aliphatic hydroxyl groups is 1. The summed E-state index contributed by atoms with van der Waals surface area (Å²) in [6.45, 7) is 5.95. The zero-order valence-electron chi connectivity index (χ0n) is 22.1. The Morgan fingerprint density at radius 1 is 1.00 bits per heavy atom. The van der Waals surface area contributed by atoms with Gasteiger partial charge in [-0.2, -0.15) is 0 Å². The molecule has 0 aromatic heterocycles. The lowest BCUT2D eigenvalue weighted by Gasteiger charge is -2.29. The van der Waals surface area contributed by atoms with Crippen molar-refractivity contribution in [3.05, 3.63) is 100 Å². The fraction of sp³-hybridized carbons (Fsp3) is 0.333. The Labute approximate surface area is 233 Å². The molecule has 3 aromatic rings. The second-order valence-electron chi connectivity index (χ2n) is 9.87. The van der Waals surface area contributed by atoms with Gasteiger partial charge in [-0.05, 0) is 80.3 Å². The number of halogens is 1. The smallest absolute Gasteiger partial charge is 0.410 e. The minimum absolute atomic E-state index is 0.0952. The second-order valence-corrected chi connectivity index (χ2v) is 11.4. The molecule has 0 aliphatic rings. The molecule has 1 N–H and O–H groups in total. The van der Waals surface area contributed by atoms with Crippen LogP contribution < -0.4 is 0 Å². The molecule has 0 saturated carbocycles. The molecule has 8 heteroatoms. The average Bonchev–Trinajstić information content (AvgIpc) is 2.89. The van der Waals surface area contributed by atoms with Gasteiger partial charge in [0.15, 0.2) is 0 Å². The Bertz CT molecular complexity index is 1210. The van der Waals surface area contributed by atoms with E-state index in [2.05, 4.69) is 12.1 Å². The van der Waals surface area contributed by atoms with Crippen molar-refractivity contribution in [3.63, 3.8) is 0 Å². The zero-order valence-corrected chi connectivity index (χ0v) is 23.7. The van der Waals surface area contributed by atoms with E-state index in [1.54, 1.807) is 48.2 Å². The Morgan fingerprint density at radius 2 is 1.66 bits per heavy atom. The number of nitrogens with zero attached hydrogens (tertiary/aromatic N) is 1. The maximum Gasteiger partial charge on any atom is 0.410 e. The van der Waals surface area contributed by atoms with Gasteiger partial charge >= 0.3 is 12.1 Å². The van der Waals surface area contributed by atoms with Crippen molar-refractivity contribution in [2.45, 2.75) is 49.5 Å². The molecule has 1 atom stereocenters. The van der Waals surface area contributed by atoms with Gasteiger partial charge in [-0.15, -0.1) is 11.8 Å². The lowest BCUT2D eigenvalue weighted by atomic mass is 10.1. The van der Waals surface area contributed by atoms with Crippen LogP contribution >= 0.6 is 23.4 Å². The molecule has 202 valence electrons. The number of amides is 1. The van der Waals surface area contributed by atoms with E-state index in [9.17, 15) is 14.7 Å². The summed E-state index contributed by atoms with van der Waals surface area (Å²) in [5.41, 5.74) is 2.72. The standard InChI is InChI=1S/C30H34ClNO5S/c1-30(2,3)37-29(35)32(19-27(33)24-6-5-7-25(31)18-24)17-16-21-10-14-26(15-11-21)38-20-22-8-12-23(13-9-22)28(34)36-4/h5-15,18,27,33H,16-17,19-20H2,1-4H3. The Morgan fingerprint density at radius 3 is 2.26 bits per heavy atom. The summed E-state index contributed by atoms with van der Waals surface area (Å²) in [6.07, 6.45) is -0.743. The van der Waals surface area contributed by atoms with Crippen LogP contribution in [0, 0.1) is 0 Å². The summed E-state index contributed by atoms with van der Waals surface area (Å²) in [5, 5.41) is 11.3. The minimum Gasteiger partial charge on any atom is -0.465 e. The molecule has 0 aliphatic heterocycles. The number of methoxy groups -OCH3 is 1. The number of hydrogen-bond acceptors (Lipinski definition) is 6. The molecule has 1 unspecified atom stereocenters. The second kappa shape index (κ2) is 13.7. The molecule has 0 heterocycles. The molecule has 38 heavy (non-hydrogen) atoms. The number of thioether (sulfide) groups is 1. The Balaban J connectivity index is 1.59. The van der Waals surface area contributed by atoms with E-state index in [0.29, 0.717) is 29.1 Å². The third-order valence-electron chi connectivity index (χ3n) is 5.65. The van der Waals surface area contributed by atoms with Crippen LogP contribution in [0.15, 0.2) is 77.7 Å². The predicted molar refractivity (Wildman–Crippen MR) is 152 cm³/mol. The first-order valence-corrected chi connectivity index (χ1v) is 13.7. The molecule has 0 spiro atoms. The van der Waals surface area contributed by atoms with E-state index in [1.807, 2.05) is 45.0 Å². The number of carbonyl (C=O) groups is 2. The molecule has 3 aromatic carbocycles. The van der Waals surface area contributed by atoms with Crippen molar-refractivity contribution < 1.29 is 24.2 Å². The van der Waals surface area contributed by atoms with Crippen LogP contribution in [0.4, 0.5) is 4.79 Å². The summed E-state index contributed by atoms with van der Waals surface area (Å²) in [7, 11) is 1.37. The number of aliphatic hydroxyl groups excluding tert-OH is 1. The molecular weight excluding hydrogens is 522 g/mol. The summed E-state index contributed by atoms with van der Waals surface area (Å²) >= 11 is 7.77. The van der Waals surface area contributed by atoms with Gasteiger partial charge in [-0.25, -0.2) is 9.59 Å². The van der Waals surface area contributed by atoms with Gasteiger partial charge in [0.2, 0.25) is 0 Å². The molecular formula is C30H34ClNO5S. The van der Waals surface area contributed by atoms with Gasteiger partial charge < -0.3 is 19.5 Å². The average molecular weight is 556 g/mol. The van der Waals surface area contributed by atoms with Crippen LogP contribution in [0.3, 0.4) is 0 Å². The Kier molecular flexibility index (Phi) is 10.6. The summed E-state index contributed by atoms with van der Waals surface area (Å²) in [4.78, 5) is 27.1. The molecule has 0 saturated heterocycles. The van der Waals surface area contributed by atoms with Crippen molar-refractivity contribution in [1.29, 1.82) is 0 Å². The maximum atomic E-state index is 12.9. The van der Waals surface area contributed by atoms with Crippen molar-refractivity contribution in [2.75, 3.05) is 20.2 Å². The number of esters is 1.